The quantitative estimate of drug-likeness (QED) is 0.447. The van der Waals surface area contributed by atoms with E-state index in [1.165, 1.54) is 37.0 Å². The van der Waals surface area contributed by atoms with E-state index in [-0.39, 0.29) is 29.6 Å². The van der Waals surface area contributed by atoms with E-state index >= 15 is 0 Å². The molecule has 1 atom stereocenters. The van der Waals surface area contributed by atoms with Crippen LogP contribution in [0, 0.1) is 5.82 Å². The molecule has 0 radical (unpaired) electrons. The minimum atomic E-state index is -0.803. The SMILES string of the molecule is O=C(NC1CCCCC1)C(c1ccc(F)cc1)N(CCC1=CCCCC1)C(=O)CCl. The highest BCUT2D eigenvalue weighted by Crippen LogP contribution is 2.27. The van der Waals surface area contributed by atoms with Gasteiger partial charge in [-0.3, -0.25) is 9.59 Å². The third-order valence-corrected chi connectivity index (χ3v) is 6.42. The van der Waals surface area contributed by atoms with Crippen molar-refractivity contribution >= 4 is 23.4 Å². The predicted molar refractivity (Wildman–Crippen MR) is 118 cm³/mol. The van der Waals surface area contributed by atoms with Crippen molar-refractivity contribution in [1.29, 1.82) is 0 Å². The van der Waals surface area contributed by atoms with Crippen molar-refractivity contribution < 1.29 is 14.0 Å². The second-order valence-electron chi connectivity index (χ2n) is 8.38. The van der Waals surface area contributed by atoms with Crippen LogP contribution in [0.5, 0.6) is 0 Å². The van der Waals surface area contributed by atoms with E-state index in [0.29, 0.717) is 12.1 Å². The Morgan fingerprint density at radius 3 is 2.47 bits per heavy atom. The van der Waals surface area contributed by atoms with Gasteiger partial charge < -0.3 is 10.2 Å². The van der Waals surface area contributed by atoms with Gasteiger partial charge in [-0.25, -0.2) is 4.39 Å². The van der Waals surface area contributed by atoms with Crippen LogP contribution in [0.25, 0.3) is 0 Å². The molecule has 2 amide bonds. The van der Waals surface area contributed by atoms with Gasteiger partial charge >= 0.3 is 0 Å². The molecule has 1 N–H and O–H groups in total. The van der Waals surface area contributed by atoms with Gasteiger partial charge in [-0.2, -0.15) is 0 Å². The summed E-state index contributed by atoms with van der Waals surface area (Å²) in [6.45, 7) is 0.428. The first kappa shape index (κ1) is 22.8. The number of nitrogens with one attached hydrogen (secondary N) is 1. The van der Waals surface area contributed by atoms with Crippen LogP contribution in [0.1, 0.15) is 75.8 Å². The highest BCUT2D eigenvalue weighted by atomic mass is 35.5. The summed E-state index contributed by atoms with van der Waals surface area (Å²) in [7, 11) is 0. The van der Waals surface area contributed by atoms with E-state index in [1.807, 2.05) is 0 Å². The van der Waals surface area contributed by atoms with E-state index in [9.17, 15) is 14.0 Å². The van der Waals surface area contributed by atoms with E-state index in [4.69, 9.17) is 11.6 Å². The normalized spacial score (nSPS) is 18.4. The summed E-state index contributed by atoms with van der Waals surface area (Å²) in [4.78, 5) is 27.7. The number of allylic oxidation sites excluding steroid dienone is 1. The van der Waals surface area contributed by atoms with Gasteiger partial charge in [0.2, 0.25) is 11.8 Å². The molecule has 2 aliphatic carbocycles. The fraction of sp³-hybridized carbons (Fsp3) is 0.583. The van der Waals surface area contributed by atoms with Crippen LogP contribution in [0.3, 0.4) is 0 Å². The molecular weight excluding hydrogens is 403 g/mol. The van der Waals surface area contributed by atoms with Gasteiger partial charge in [-0.15, -0.1) is 11.6 Å². The summed E-state index contributed by atoms with van der Waals surface area (Å²) in [5.74, 6) is -1.04. The van der Waals surface area contributed by atoms with Crippen molar-refractivity contribution in [1.82, 2.24) is 10.2 Å². The van der Waals surface area contributed by atoms with Gasteiger partial charge in [0.25, 0.3) is 0 Å². The lowest BCUT2D eigenvalue weighted by atomic mass is 9.94. The highest BCUT2D eigenvalue weighted by Gasteiger charge is 2.32. The van der Waals surface area contributed by atoms with Gasteiger partial charge in [0.1, 0.15) is 17.7 Å². The molecule has 30 heavy (non-hydrogen) atoms. The van der Waals surface area contributed by atoms with Gasteiger partial charge in [0.05, 0.1) is 0 Å². The first-order chi connectivity index (χ1) is 14.6. The van der Waals surface area contributed by atoms with Crippen LogP contribution in [-0.2, 0) is 9.59 Å². The molecule has 6 heteroatoms. The number of carbonyl (C=O) groups is 2. The largest absolute Gasteiger partial charge is 0.351 e. The van der Waals surface area contributed by atoms with Crippen LogP contribution in [0.2, 0.25) is 0 Å². The third kappa shape index (κ3) is 6.31. The molecule has 1 aromatic rings. The number of alkyl halides is 1. The Morgan fingerprint density at radius 2 is 1.83 bits per heavy atom. The Bertz CT molecular complexity index is 744. The van der Waals surface area contributed by atoms with Gasteiger partial charge in [0.15, 0.2) is 0 Å². The number of amides is 2. The van der Waals surface area contributed by atoms with Gasteiger partial charge in [-0.05, 0) is 62.6 Å². The molecule has 4 nitrogen and oxygen atoms in total. The molecule has 0 spiro atoms. The second-order valence-corrected chi connectivity index (χ2v) is 8.64. The van der Waals surface area contributed by atoms with Crippen LogP contribution in [0.15, 0.2) is 35.9 Å². The lowest BCUT2D eigenvalue weighted by Gasteiger charge is -2.33. The fourth-order valence-electron chi connectivity index (χ4n) is 4.52. The summed E-state index contributed by atoms with van der Waals surface area (Å²) in [5, 5.41) is 3.15. The van der Waals surface area contributed by atoms with Crippen LogP contribution in [-0.4, -0.2) is 35.2 Å². The highest BCUT2D eigenvalue weighted by molar-refractivity contribution is 6.27. The summed E-state index contributed by atoms with van der Waals surface area (Å²) in [6, 6.07) is 5.18. The average molecular weight is 435 g/mol. The van der Waals surface area contributed by atoms with Crippen LogP contribution in [0.4, 0.5) is 4.39 Å². The predicted octanol–water partition coefficient (Wildman–Crippen LogP) is 5.27. The Balaban J connectivity index is 1.83. The van der Waals surface area contributed by atoms with Crippen LogP contribution < -0.4 is 5.32 Å². The maximum Gasteiger partial charge on any atom is 0.247 e. The zero-order chi connectivity index (χ0) is 21.3. The molecule has 2 aliphatic rings. The fourth-order valence-corrected chi connectivity index (χ4v) is 4.67. The number of hydrogen-bond acceptors (Lipinski definition) is 2. The minimum Gasteiger partial charge on any atom is -0.351 e. The van der Waals surface area contributed by atoms with Crippen molar-refractivity contribution in [3.63, 3.8) is 0 Å². The standard InChI is InChI=1S/C24H32ClFN2O2/c25-17-22(29)28(16-15-18-7-3-1-4-8-18)23(19-11-13-20(26)14-12-19)24(30)27-21-9-5-2-6-10-21/h7,11-14,21,23H,1-6,8-10,15-17H2,(H,27,30). The molecule has 0 aliphatic heterocycles. The zero-order valence-electron chi connectivity index (χ0n) is 17.5. The van der Waals surface area contributed by atoms with E-state index in [2.05, 4.69) is 11.4 Å². The first-order valence-electron chi connectivity index (χ1n) is 11.2. The van der Waals surface area contributed by atoms with Crippen molar-refractivity contribution in [3.8, 4) is 0 Å². The molecular formula is C24H32ClFN2O2. The summed E-state index contributed by atoms with van der Waals surface area (Å²) in [6.07, 6.45) is 12.8. The van der Waals surface area contributed by atoms with Crippen molar-refractivity contribution in [3.05, 3.63) is 47.3 Å². The average Bonchev–Trinajstić information content (AvgIpc) is 2.78. The number of carbonyl (C=O) groups excluding carboxylic acids is 2. The Labute approximate surface area is 183 Å². The van der Waals surface area contributed by atoms with E-state index in [1.54, 1.807) is 17.0 Å². The maximum absolute atomic E-state index is 13.5. The summed E-state index contributed by atoms with van der Waals surface area (Å²) in [5.41, 5.74) is 1.94. The number of halogens is 2. The Kier molecular flexibility index (Phi) is 8.74. The molecule has 0 aromatic heterocycles. The maximum atomic E-state index is 13.5. The molecule has 1 aromatic carbocycles. The molecule has 1 saturated carbocycles. The molecule has 3 rings (SSSR count). The number of nitrogens with zero attached hydrogens (tertiary/aromatic N) is 1. The smallest absolute Gasteiger partial charge is 0.247 e. The molecule has 164 valence electrons. The van der Waals surface area contributed by atoms with Crippen molar-refractivity contribution in [2.45, 2.75) is 76.3 Å². The molecule has 0 saturated heterocycles. The summed E-state index contributed by atoms with van der Waals surface area (Å²) >= 11 is 5.92. The van der Waals surface area contributed by atoms with Crippen molar-refractivity contribution in [2.24, 2.45) is 0 Å². The topological polar surface area (TPSA) is 49.4 Å². The van der Waals surface area contributed by atoms with E-state index < -0.39 is 6.04 Å². The molecule has 0 heterocycles. The monoisotopic (exact) mass is 434 g/mol. The van der Waals surface area contributed by atoms with Gasteiger partial charge in [0, 0.05) is 12.6 Å². The Morgan fingerprint density at radius 1 is 1.10 bits per heavy atom. The molecule has 0 bridgehead atoms. The van der Waals surface area contributed by atoms with Gasteiger partial charge in [-0.1, -0.05) is 43.0 Å². The van der Waals surface area contributed by atoms with Crippen LogP contribution >= 0.6 is 11.6 Å². The summed E-state index contributed by atoms with van der Waals surface area (Å²) < 4.78 is 13.5. The first-order valence-corrected chi connectivity index (χ1v) is 11.7. The third-order valence-electron chi connectivity index (χ3n) is 6.19. The second kappa shape index (κ2) is 11.5. The van der Waals surface area contributed by atoms with E-state index in [0.717, 1.165) is 44.9 Å². The Hall–Kier alpha value is -1.88. The number of rotatable bonds is 8. The lowest BCUT2D eigenvalue weighted by Crippen LogP contribution is -2.47. The molecule has 1 fully saturated rings. The number of hydrogen-bond donors (Lipinski definition) is 1. The van der Waals surface area contributed by atoms with Crippen molar-refractivity contribution in [2.75, 3.05) is 12.4 Å². The molecule has 1 unspecified atom stereocenters. The minimum absolute atomic E-state index is 0.128. The zero-order valence-corrected chi connectivity index (χ0v) is 18.3. The lowest BCUT2D eigenvalue weighted by molar-refractivity contribution is -0.139. The number of benzene rings is 1.